The third kappa shape index (κ3) is 3.43. The molecule has 1 aromatic heterocycles. The summed E-state index contributed by atoms with van der Waals surface area (Å²) in [6, 6.07) is 12.2. The Morgan fingerprint density at radius 2 is 1.94 bits per heavy atom. The number of anilines is 1. The van der Waals surface area contributed by atoms with Crippen molar-refractivity contribution in [1.82, 2.24) is 15.2 Å². The number of benzene rings is 2. The van der Waals surface area contributed by atoms with Gasteiger partial charge in [0.2, 0.25) is 11.8 Å². The number of aromatic hydroxyl groups is 1. The number of carbonyl (C=O) groups is 4. The van der Waals surface area contributed by atoms with Crippen LogP contribution in [0.15, 0.2) is 48.5 Å². The van der Waals surface area contributed by atoms with Crippen molar-refractivity contribution in [3.8, 4) is 5.75 Å². The summed E-state index contributed by atoms with van der Waals surface area (Å²) in [5, 5.41) is 15.3. The first kappa shape index (κ1) is 19.7. The number of hydrogen-bond donors (Lipinski definition) is 3. The predicted octanol–water partition coefficient (Wildman–Crippen LogP) is 1.95. The Hall–Kier alpha value is -4.27. The van der Waals surface area contributed by atoms with E-state index in [-0.39, 0.29) is 36.2 Å². The van der Waals surface area contributed by atoms with E-state index in [4.69, 9.17) is 0 Å². The molecule has 0 spiro atoms. The number of hydrogen-bond acceptors (Lipinski definition) is 6. The fourth-order valence-corrected chi connectivity index (χ4v) is 4.09. The second kappa shape index (κ2) is 7.45. The van der Waals surface area contributed by atoms with Crippen LogP contribution >= 0.6 is 0 Å². The molecule has 2 aromatic carbocycles. The summed E-state index contributed by atoms with van der Waals surface area (Å²) < 4.78 is 0. The molecule has 0 radical (unpaired) electrons. The average molecular weight is 430 g/mol. The Morgan fingerprint density at radius 1 is 1.09 bits per heavy atom. The summed E-state index contributed by atoms with van der Waals surface area (Å²) in [7, 11) is 0. The lowest BCUT2D eigenvalue weighted by Gasteiger charge is -2.29. The Balaban J connectivity index is 1.34. The maximum absolute atomic E-state index is 12.8. The molecule has 0 bridgehead atoms. The number of phenolic OH excluding ortho intramolecular Hbond substituents is 1. The van der Waals surface area contributed by atoms with E-state index in [2.05, 4.69) is 15.6 Å². The number of aromatic nitrogens is 1. The molecule has 32 heavy (non-hydrogen) atoms. The zero-order valence-electron chi connectivity index (χ0n) is 16.8. The topological polar surface area (TPSA) is 129 Å². The minimum Gasteiger partial charge on any atom is -0.508 e. The zero-order valence-corrected chi connectivity index (χ0v) is 16.8. The molecule has 1 atom stereocenters. The van der Waals surface area contributed by atoms with Gasteiger partial charge in [-0.3, -0.25) is 24.5 Å². The molecule has 1 fully saturated rings. The molecule has 1 unspecified atom stereocenters. The van der Waals surface area contributed by atoms with Crippen molar-refractivity contribution in [2.24, 2.45) is 0 Å². The summed E-state index contributed by atoms with van der Waals surface area (Å²) in [4.78, 5) is 54.8. The molecule has 9 heteroatoms. The van der Waals surface area contributed by atoms with Crippen LogP contribution in [0.4, 0.5) is 5.69 Å². The lowest BCUT2D eigenvalue weighted by atomic mass is 10.0. The van der Waals surface area contributed by atoms with Crippen LogP contribution in [0.25, 0.3) is 10.9 Å². The first-order valence-corrected chi connectivity index (χ1v) is 10.1. The predicted molar refractivity (Wildman–Crippen MR) is 114 cm³/mol. The SMILES string of the molecule is O=C1CCC(N2Cc3cc(NC(=O)c4ccc5cc(O)ccc5n4)ccc3C2=O)C(=O)N1. The van der Waals surface area contributed by atoms with Crippen molar-refractivity contribution < 1.29 is 24.3 Å². The van der Waals surface area contributed by atoms with Gasteiger partial charge in [-0.05, 0) is 54.4 Å². The number of phenols is 1. The van der Waals surface area contributed by atoms with Gasteiger partial charge in [0.25, 0.3) is 11.8 Å². The molecular formula is C23H18N4O5. The summed E-state index contributed by atoms with van der Waals surface area (Å²) >= 11 is 0. The molecule has 1 saturated heterocycles. The van der Waals surface area contributed by atoms with Crippen LogP contribution in [0, 0.1) is 0 Å². The van der Waals surface area contributed by atoms with Crippen LogP contribution in [0.3, 0.4) is 0 Å². The molecule has 3 aromatic rings. The highest BCUT2D eigenvalue weighted by molar-refractivity contribution is 6.07. The fraction of sp³-hybridized carbons (Fsp3) is 0.174. The Bertz CT molecular complexity index is 1320. The Labute approximate surface area is 182 Å². The molecule has 9 nitrogen and oxygen atoms in total. The monoisotopic (exact) mass is 430 g/mol. The second-order valence-corrected chi connectivity index (χ2v) is 7.80. The smallest absolute Gasteiger partial charge is 0.274 e. The van der Waals surface area contributed by atoms with Crippen molar-refractivity contribution >= 4 is 40.2 Å². The van der Waals surface area contributed by atoms with Crippen LogP contribution in [0.1, 0.15) is 39.3 Å². The first-order valence-electron chi connectivity index (χ1n) is 10.1. The molecule has 2 aliphatic heterocycles. The average Bonchev–Trinajstić information content (AvgIpc) is 3.09. The van der Waals surface area contributed by atoms with Gasteiger partial charge in [0.1, 0.15) is 17.5 Å². The first-order chi connectivity index (χ1) is 15.4. The van der Waals surface area contributed by atoms with Crippen molar-refractivity contribution in [3.63, 3.8) is 0 Å². The quantitative estimate of drug-likeness (QED) is 0.545. The van der Waals surface area contributed by atoms with Gasteiger partial charge in [-0.2, -0.15) is 0 Å². The number of fused-ring (bicyclic) bond motifs is 2. The largest absolute Gasteiger partial charge is 0.508 e. The molecular weight excluding hydrogens is 412 g/mol. The summed E-state index contributed by atoms with van der Waals surface area (Å²) in [6.45, 7) is 0.224. The summed E-state index contributed by atoms with van der Waals surface area (Å²) in [5.74, 6) is -1.36. The van der Waals surface area contributed by atoms with Gasteiger partial charge in [0.05, 0.1) is 5.52 Å². The molecule has 0 aliphatic carbocycles. The van der Waals surface area contributed by atoms with E-state index in [1.807, 2.05) is 0 Å². The van der Waals surface area contributed by atoms with Gasteiger partial charge < -0.3 is 15.3 Å². The zero-order chi connectivity index (χ0) is 22.4. The van der Waals surface area contributed by atoms with Crippen molar-refractivity contribution in [2.75, 3.05) is 5.32 Å². The van der Waals surface area contributed by atoms with E-state index >= 15 is 0 Å². The second-order valence-electron chi connectivity index (χ2n) is 7.80. The van der Waals surface area contributed by atoms with E-state index < -0.39 is 17.9 Å². The number of rotatable bonds is 3. The lowest BCUT2D eigenvalue weighted by Crippen LogP contribution is -2.52. The number of amides is 4. The normalized spacial score (nSPS) is 17.9. The van der Waals surface area contributed by atoms with Crippen molar-refractivity contribution in [1.29, 1.82) is 0 Å². The van der Waals surface area contributed by atoms with Crippen LogP contribution in [0.5, 0.6) is 5.75 Å². The third-order valence-electron chi connectivity index (χ3n) is 5.69. The van der Waals surface area contributed by atoms with E-state index in [0.717, 1.165) is 0 Å². The maximum atomic E-state index is 12.8. The van der Waals surface area contributed by atoms with E-state index in [9.17, 15) is 24.3 Å². The number of nitrogens with one attached hydrogen (secondary N) is 2. The minimum absolute atomic E-state index is 0.121. The standard InChI is InChI=1S/C23H18N4O5/c28-15-3-6-17-12(10-15)1-5-18(25-17)21(30)24-14-2-4-16-13(9-14)11-27(23(16)32)19-7-8-20(29)26-22(19)31/h1-6,9-10,19,28H,7-8,11H2,(H,24,30)(H,26,29,31). The number of imide groups is 1. The molecule has 2 aliphatic rings. The van der Waals surface area contributed by atoms with Gasteiger partial charge in [-0.1, -0.05) is 6.07 Å². The van der Waals surface area contributed by atoms with E-state index in [1.54, 1.807) is 42.5 Å². The van der Waals surface area contributed by atoms with Crippen molar-refractivity contribution in [3.05, 3.63) is 65.4 Å². The molecule has 160 valence electrons. The van der Waals surface area contributed by atoms with Gasteiger partial charge in [0, 0.05) is 29.6 Å². The summed E-state index contributed by atoms with van der Waals surface area (Å²) in [5.41, 5.74) is 2.45. The highest BCUT2D eigenvalue weighted by atomic mass is 16.3. The van der Waals surface area contributed by atoms with E-state index in [0.29, 0.717) is 34.1 Å². The van der Waals surface area contributed by atoms with E-state index in [1.165, 1.54) is 11.0 Å². The highest BCUT2D eigenvalue weighted by Gasteiger charge is 2.39. The fourth-order valence-electron chi connectivity index (χ4n) is 4.09. The third-order valence-corrected chi connectivity index (χ3v) is 5.69. The maximum Gasteiger partial charge on any atom is 0.274 e. The van der Waals surface area contributed by atoms with Crippen LogP contribution in [0.2, 0.25) is 0 Å². The van der Waals surface area contributed by atoms with Crippen LogP contribution in [-0.4, -0.2) is 44.7 Å². The molecule has 5 rings (SSSR count). The number of piperidine rings is 1. The van der Waals surface area contributed by atoms with Gasteiger partial charge in [0.15, 0.2) is 0 Å². The van der Waals surface area contributed by atoms with Gasteiger partial charge >= 0.3 is 0 Å². The van der Waals surface area contributed by atoms with Gasteiger partial charge in [-0.25, -0.2) is 4.98 Å². The Kier molecular flexibility index (Phi) is 4.58. The number of carbonyl (C=O) groups excluding carboxylic acids is 4. The van der Waals surface area contributed by atoms with Crippen LogP contribution in [-0.2, 0) is 16.1 Å². The molecule has 4 amide bonds. The highest BCUT2D eigenvalue weighted by Crippen LogP contribution is 2.29. The molecule has 0 saturated carbocycles. The molecule has 3 N–H and O–H groups in total. The number of nitrogens with zero attached hydrogens (tertiary/aromatic N) is 2. The van der Waals surface area contributed by atoms with Gasteiger partial charge in [-0.15, -0.1) is 0 Å². The van der Waals surface area contributed by atoms with Crippen molar-refractivity contribution in [2.45, 2.75) is 25.4 Å². The Morgan fingerprint density at radius 3 is 2.75 bits per heavy atom. The summed E-state index contributed by atoms with van der Waals surface area (Å²) in [6.07, 6.45) is 0.482. The minimum atomic E-state index is -0.688. The lowest BCUT2D eigenvalue weighted by molar-refractivity contribution is -0.136. The van der Waals surface area contributed by atoms with Crippen LogP contribution < -0.4 is 10.6 Å². The number of pyridine rings is 1. The molecule has 3 heterocycles.